The SMILES string of the molecule is CCCCc1ccc(C=CC(N)=O)c(CCCC)c1. The molecule has 0 aliphatic carbocycles. The van der Waals surface area contributed by atoms with Gasteiger partial charge in [0.2, 0.25) is 5.91 Å². The summed E-state index contributed by atoms with van der Waals surface area (Å²) in [7, 11) is 0. The highest BCUT2D eigenvalue weighted by Gasteiger charge is 2.02. The fourth-order valence-corrected chi connectivity index (χ4v) is 2.11. The number of amides is 1. The molecule has 0 heterocycles. The lowest BCUT2D eigenvalue weighted by Gasteiger charge is -2.09. The first-order valence-corrected chi connectivity index (χ1v) is 7.26. The molecule has 0 unspecified atom stereocenters. The van der Waals surface area contributed by atoms with E-state index in [0.29, 0.717) is 0 Å². The molecule has 0 aromatic heterocycles. The molecule has 104 valence electrons. The molecule has 1 aromatic rings. The molecule has 0 spiro atoms. The van der Waals surface area contributed by atoms with Crippen LogP contribution in [0, 0.1) is 0 Å². The zero-order valence-electron chi connectivity index (χ0n) is 12.1. The molecule has 0 fully saturated rings. The molecule has 0 saturated carbocycles. The van der Waals surface area contributed by atoms with Crippen LogP contribution in [0.3, 0.4) is 0 Å². The standard InChI is InChI=1S/C17H25NO/c1-3-5-7-14-9-10-15(11-12-17(18)19)16(13-14)8-6-4-2/h9-13H,3-8H2,1-2H3,(H2,18,19). The summed E-state index contributed by atoms with van der Waals surface area (Å²) >= 11 is 0. The molecule has 1 amide bonds. The second-order valence-corrected chi connectivity index (χ2v) is 4.98. The average Bonchev–Trinajstić information content (AvgIpc) is 2.41. The lowest BCUT2D eigenvalue weighted by molar-refractivity contribution is -0.113. The van der Waals surface area contributed by atoms with Crippen LogP contribution in [-0.4, -0.2) is 5.91 Å². The normalized spacial score (nSPS) is 11.1. The van der Waals surface area contributed by atoms with Gasteiger partial charge < -0.3 is 5.73 Å². The van der Waals surface area contributed by atoms with E-state index in [1.807, 2.05) is 6.08 Å². The Balaban J connectivity index is 2.91. The molecule has 1 aromatic carbocycles. The summed E-state index contributed by atoms with van der Waals surface area (Å²) < 4.78 is 0. The summed E-state index contributed by atoms with van der Waals surface area (Å²) in [6.45, 7) is 4.40. The summed E-state index contributed by atoms with van der Waals surface area (Å²) in [4.78, 5) is 10.8. The Labute approximate surface area is 116 Å². The molecule has 0 radical (unpaired) electrons. The van der Waals surface area contributed by atoms with Gasteiger partial charge in [0.1, 0.15) is 0 Å². The third kappa shape index (κ3) is 5.73. The van der Waals surface area contributed by atoms with Crippen LogP contribution in [0.1, 0.15) is 56.2 Å². The van der Waals surface area contributed by atoms with Gasteiger partial charge in [-0.2, -0.15) is 0 Å². The molecule has 1 rings (SSSR count). The summed E-state index contributed by atoms with van der Waals surface area (Å²) in [5.74, 6) is -0.392. The van der Waals surface area contributed by atoms with Gasteiger partial charge in [-0.3, -0.25) is 4.79 Å². The van der Waals surface area contributed by atoms with E-state index >= 15 is 0 Å². The van der Waals surface area contributed by atoms with Crippen LogP contribution in [0.15, 0.2) is 24.3 Å². The molecular weight excluding hydrogens is 234 g/mol. The highest BCUT2D eigenvalue weighted by Crippen LogP contribution is 2.18. The quantitative estimate of drug-likeness (QED) is 0.707. The molecule has 2 heteroatoms. The van der Waals surface area contributed by atoms with Crippen LogP contribution in [0.25, 0.3) is 6.08 Å². The maximum atomic E-state index is 10.8. The summed E-state index contributed by atoms with van der Waals surface area (Å²) in [6.07, 6.45) is 10.3. The summed E-state index contributed by atoms with van der Waals surface area (Å²) in [5.41, 5.74) is 9.00. The fraction of sp³-hybridized carbons (Fsp3) is 0.471. The Kier molecular flexibility index (Phi) is 6.94. The third-order valence-corrected chi connectivity index (χ3v) is 3.25. The van der Waals surface area contributed by atoms with E-state index in [2.05, 4.69) is 32.0 Å². The number of hydrogen-bond acceptors (Lipinski definition) is 1. The Bertz CT molecular complexity index is 435. The van der Waals surface area contributed by atoms with E-state index in [9.17, 15) is 4.79 Å². The van der Waals surface area contributed by atoms with Gasteiger partial charge in [0.25, 0.3) is 0 Å². The number of nitrogens with two attached hydrogens (primary N) is 1. The van der Waals surface area contributed by atoms with Crippen molar-refractivity contribution in [1.82, 2.24) is 0 Å². The molecule has 0 atom stereocenters. The number of carbonyl (C=O) groups excluding carboxylic acids is 1. The number of primary amides is 1. The lowest BCUT2D eigenvalue weighted by atomic mass is 9.97. The van der Waals surface area contributed by atoms with Gasteiger partial charge in [0.05, 0.1) is 0 Å². The Morgan fingerprint density at radius 3 is 2.47 bits per heavy atom. The Hall–Kier alpha value is -1.57. The van der Waals surface area contributed by atoms with Crippen molar-refractivity contribution in [3.63, 3.8) is 0 Å². The first kappa shape index (κ1) is 15.5. The van der Waals surface area contributed by atoms with E-state index in [4.69, 9.17) is 5.73 Å². The van der Waals surface area contributed by atoms with Crippen molar-refractivity contribution in [2.75, 3.05) is 0 Å². The Morgan fingerprint density at radius 1 is 1.16 bits per heavy atom. The average molecular weight is 259 g/mol. The number of carbonyl (C=O) groups is 1. The highest BCUT2D eigenvalue weighted by molar-refractivity contribution is 5.90. The maximum absolute atomic E-state index is 10.8. The lowest BCUT2D eigenvalue weighted by Crippen LogP contribution is -2.05. The molecule has 19 heavy (non-hydrogen) atoms. The van der Waals surface area contributed by atoms with Gasteiger partial charge in [0.15, 0.2) is 0 Å². The largest absolute Gasteiger partial charge is 0.366 e. The second-order valence-electron chi connectivity index (χ2n) is 4.98. The molecule has 0 aliphatic rings. The number of rotatable bonds is 8. The highest BCUT2D eigenvalue weighted by atomic mass is 16.1. The molecule has 0 aliphatic heterocycles. The maximum Gasteiger partial charge on any atom is 0.241 e. The van der Waals surface area contributed by atoms with Crippen LogP contribution < -0.4 is 5.73 Å². The van der Waals surface area contributed by atoms with E-state index in [1.54, 1.807) is 0 Å². The van der Waals surface area contributed by atoms with Crippen molar-refractivity contribution >= 4 is 12.0 Å². The van der Waals surface area contributed by atoms with Crippen LogP contribution in [-0.2, 0) is 17.6 Å². The molecule has 2 nitrogen and oxygen atoms in total. The number of unbranched alkanes of at least 4 members (excludes halogenated alkanes) is 2. The van der Waals surface area contributed by atoms with Crippen molar-refractivity contribution in [1.29, 1.82) is 0 Å². The zero-order chi connectivity index (χ0) is 14.1. The van der Waals surface area contributed by atoms with Gasteiger partial charge in [-0.1, -0.05) is 44.9 Å². The topological polar surface area (TPSA) is 43.1 Å². The van der Waals surface area contributed by atoms with E-state index in [-0.39, 0.29) is 0 Å². The molecule has 2 N–H and O–H groups in total. The minimum atomic E-state index is -0.392. The van der Waals surface area contributed by atoms with Crippen LogP contribution in [0.5, 0.6) is 0 Å². The number of benzene rings is 1. The van der Waals surface area contributed by atoms with E-state index < -0.39 is 5.91 Å². The van der Waals surface area contributed by atoms with Crippen LogP contribution in [0.4, 0.5) is 0 Å². The van der Waals surface area contributed by atoms with Crippen LogP contribution >= 0.6 is 0 Å². The van der Waals surface area contributed by atoms with Crippen molar-refractivity contribution in [2.45, 2.75) is 52.4 Å². The Morgan fingerprint density at radius 2 is 1.84 bits per heavy atom. The van der Waals surface area contributed by atoms with Gasteiger partial charge in [0, 0.05) is 6.08 Å². The van der Waals surface area contributed by atoms with Crippen molar-refractivity contribution in [2.24, 2.45) is 5.73 Å². The summed E-state index contributed by atoms with van der Waals surface area (Å²) in [5, 5.41) is 0. The molecule has 0 saturated heterocycles. The van der Waals surface area contributed by atoms with Crippen molar-refractivity contribution < 1.29 is 4.79 Å². The van der Waals surface area contributed by atoms with Gasteiger partial charge >= 0.3 is 0 Å². The second kappa shape index (κ2) is 8.52. The van der Waals surface area contributed by atoms with Crippen LogP contribution in [0.2, 0.25) is 0 Å². The first-order valence-electron chi connectivity index (χ1n) is 7.26. The smallest absolute Gasteiger partial charge is 0.241 e. The van der Waals surface area contributed by atoms with Gasteiger partial charge in [-0.05, 0) is 48.4 Å². The number of hydrogen-bond donors (Lipinski definition) is 1. The predicted molar refractivity (Wildman–Crippen MR) is 81.9 cm³/mol. The van der Waals surface area contributed by atoms with Gasteiger partial charge in [-0.25, -0.2) is 0 Å². The predicted octanol–water partition coefficient (Wildman–Crippen LogP) is 3.87. The van der Waals surface area contributed by atoms with E-state index in [1.165, 1.54) is 42.9 Å². The zero-order valence-corrected chi connectivity index (χ0v) is 12.1. The van der Waals surface area contributed by atoms with Gasteiger partial charge in [-0.15, -0.1) is 0 Å². The third-order valence-electron chi connectivity index (χ3n) is 3.25. The summed E-state index contributed by atoms with van der Waals surface area (Å²) in [6, 6.07) is 6.55. The number of aryl methyl sites for hydroxylation is 2. The minimum absolute atomic E-state index is 0.392. The van der Waals surface area contributed by atoms with Crippen molar-refractivity contribution in [3.8, 4) is 0 Å². The van der Waals surface area contributed by atoms with E-state index in [0.717, 1.165) is 18.4 Å². The monoisotopic (exact) mass is 259 g/mol. The minimum Gasteiger partial charge on any atom is -0.366 e. The fourth-order valence-electron chi connectivity index (χ4n) is 2.11. The van der Waals surface area contributed by atoms with Crippen molar-refractivity contribution in [3.05, 3.63) is 41.0 Å². The molecule has 0 bridgehead atoms. The molecular formula is C17H25NO. The first-order chi connectivity index (χ1) is 9.17.